The smallest absolute Gasteiger partial charge is 0.128 e. The molecule has 0 spiro atoms. The van der Waals surface area contributed by atoms with Gasteiger partial charge in [-0.1, -0.05) is 12.1 Å². The average molecular weight is 387 g/mol. The molecule has 2 N–H and O–H groups in total. The Morgan fingerprint density at radius 3 is 2.48 bits per heavy atom. The molecule has 148 valence electrons. The number of pyridine rings is 1. The van der Waals surface area contributed by atoms with Gasteiger partial charge in [0.2, 0.25) is 0 Å². The van der Waals surface area contributed by atoms with E-state index in [1.54, 1.807) is 0 Å². The van der Waals surface area contributed by atoms with E-state index in [0.717, 1.165) is 60.0 Å². The van der Waals surface area contributed by atoms with E-state index in [1.165, 1.54) is 16.5 Å². The molecule has 4 aromatic rings. The molecule has 0 saturated carbocycles. The number of aryl methyl sites for hydroxylation is 3. The highest BCUT2D eigenvalue weighted by molar-refractivity contribution is 5.93. The van der Waals surface area contributed by atoms with Crippen LogP contribution in [0.2, 0.25) is 0 Å². The highest BCUT2D eigenvalue weighted by Crippen LogP contribution is 2.33. The molecule has 1 saturated heterocycles. The van der Waals surface area contributed by atoms with Gasteiger partial charge in [-0.15, -0.1) is 0 Å². The molecule has 0 unspecified atom stereocenters. The first kappa shape index (κ1) is 17.9. The summed E-state index contributed by atoms with van der Waals surface area (Å²) >= 11 is 0. The lowest BCUT2D eigenvalue weighted by Crippen LogP contribution is -2.43. The Morgan fingerprint density at radius 2 is 1.79 bits per heavy atom. The van der Waals surface area contributed by atoms with Crippen LogP contribution in [0.3, 0.4) is 0 Å². The molecule has 1 aliphatic heterocycles. The second-order valence-corrected chi connectivity index (χ2v) is 7.83. The Bertz CT molecular complexity index is 1160. The van der Waals surface area contributed by atoms with E-state index in [2.05, 4.69) is 70.7 Å². The van der Waals surface area contributed by atoms with E-state index in [1.807, 2.05) is 17.9 Å². The Morgan fingerprint density at radius 1 is 1.00 bits per heavy atom. The lowest BCUT2D eigenvalue weighted by molar-refractivity contribution is 0.585. The third-order valence-corrected chi connectivity index (χ3v) is 5.86. The van der Waals surface area contributed by atoms with Gasteiger partial charge in [0.1, 0.15) is 5.82 Å². The molecule has 1 aromatic carbocycles. The number of H-pyrrole nitrogens is 1. The van der Waals surface area contributed by atoms with Crippen LogP contribution in [-0.2, 0) is 7.05 Å². The largest absolute Gasteiger partial charge is 0.354 e. The molecule has 29 heavy (non-hydrogen) atoms. The van der Waals surface area contributed by atoms with E-state index in [0.29, 0.717) is 0 Å². The minimum atomic E-state index is 1.01. The first-order valence-electron chi connectivity index (χ1n) is 10.2. The number of benzene rings is 1. The standard InChI is InChI=1S/C23H26N6/c1-15-19-6-4-17(12-21(19)26-23(15)20-14-28(3)27-16(20)2)18-5-7-22(25-13-18)29-10-8-24-9-11-29/h4-7,12-14,24,26H,8-11H2,1-3H3. The molecule has 6 heteroatoms. The van der Waals surface area contributed by atoms with Crippen molar-refractivity contribution in [3.63, 3.8) is 0 Å². The van der Waals surface area contributed by atoms with Crippen LogP contribution in [0.1, 0.15) is 11.3 Å². The van der Waals surface area contributed by atoms with E-state index in [-0.39, 0.29) is 0 Å². The summed E-state index contributed by atoms with van der Waals surface area (Å²) in [6.07, 6.45) is 4.06. The van der Waals surface area contributed by atoms with Crippen molar-refractivity contribution in [1.82, 2.24) is 25.1 Å². The molecule has 0 atom stereocenters. The van der Waals surface area contributed by atoms with E-state index in [4.69, 9.17) is 4.98 Å². The van der Waals surface area contributed by atoms with Gasteiger partial charge < -0.3 is 15.2 Å². The molecule has 1 fully saturated rings. The number of nitrogens with one attached hydrogen (secondary N) is 2. The molecular weight excluding hydrogens is 360 g/mol. The number of aromatic nitrogens is 4. The fourth-order valence-electron chi connectivity index (χ4n) is 4.27. The van der Waals surface area contributed by atoms with Gasteiger partial charge in [-0.05, 0) is 43.2 Å². The second kappa shape index (κ2) is 7.04. The molecule has 6 nitrogen and oxygen atoms in total. The zero-order valence-electron chi connectivity index (χ0n) is 17.2. The number of fused-ring (bicyclic) bond motifs is 1. The van der Waals surface area contributed by atoms with Crippen LogP contribution < -0.4 is 10.2 Å². The maximum atomic E-state index is 4.72. The van der Waals surface area contributed by atoms with Crippen LogP contribution >= 0.6 is 0 Å². The van der Waals surface area contributed by atoms with Crippen LogP contribution in [0.25, 0.3) is 33.3 Å². The molecule has 0 radical (unpaired) electrons. The summed E-state index contributed by atoms with van der Waals surface area (Å²) < 4.78 is 1.87. The monoisotopic (exact) mass is 386 g/mol. The van der Waals surface area contributed by atoms with Crippen molar-refractivity contribution >= 4 is 16.7 Å². The topological polar surface area (TPSA) is 61.8 Å². The van der Waals surface area contributed by atoms with Crippen molar-refractivity contribution in [3.05, 3.63) is 54.0 Å². The van der Waals surface area contributed by atoms with Crippen molar-refractivity contribution in [2.45, 2.75) is 13.8 Å². The molecule has 3 aromatic heterocycles. The Hall–Kier alpha value is -3.12. The fourth-order valence-corrected chi connectivity index (χ4v) is 4.27. The van der Waals surface area contributed by atoms with E-state index >= 15 is 0 Å². The van der Waals surface area contributed by atoms with Gasteiger partial charge in [0.15, 0.2) is 0 Å². The number of aromatic amines is 1. The summed E-state index contributed by atoms with van der Waals surface area (Å²) in [5.74, 6) is 1.06. The van der Waals surface area contributed by atoms with Gasteiger partial charge in [-0.2, -0.15) is 5.10 Å². The van der Waals surface area contributed by atoms with Crippen LogP contribution in [0.4, 0.5) is 5.82 Å². The summed E-state index contributed by atoms with van der Waals surface area (Å²) in [6.45, 7) is 8.28. The van der Waals surface area contributed by atoms with Crippen molar-refractivity contribution in [3.8, 4) is 22.4 Å². The van der Waals surface area contributed by atoms with Crippen LogP contribution in [0, 0.1) is 13.8 Å². The summed E-state index contributed by atoms with van der Waals surface area (Å²) in [6, 6.07) is 10.9. The normalized spacial score (nSPS) is 14.7. The van der Waals surface area contributed by atoms with Gasteiger partial charge in [-0.3, -0.25) is 4.68 Å². The summed E-state index contributed by atoms with van der Waals surface area (Å²) in [5.41, 5.74) is 8.05. The maximum Gasteiger partial charge on any atom is 0.128 e. The Labute approximate surface area is 170 Å². The van der Waals surface area contributed by atoms with E-state index < -0.39 is 0 Å². The molecule has 4 heterocycles. The van der Waals surface area contributed by atoms with Crippen LogP contribution in [-0.4, -0.2) is 45.9 Å². The Balaban J connectivity index is 1.49. The lowest BCUT2D eigenvalue weighted by Gasteiger charge is -2.28. The number of piperazine rings is 1. The molecule has 5 rings (SSSR count). The van der Waals surface area contributed by atoms with Gasteiger partial charge >= 0.3 is 0 Å². The zero-order chi connectivity index (χ0) is 20.0. The first-order valence-corrected chi connectivity index (χ1v) is 10.2. The number of hydrogen-bond acceptors (Lipinski definition) is 4. The van der Waals surface area contributed by atoms with Gasteiger partial charge in [0.25, 0.3) is 0 Å². The van der Waals surface area contributed by atoms with E-state index in [9.17, 15) is 0 Å². The van der Waals surface area contributed by atoms with Gasteiger partial charge in [-0.25, -0.2) is 4.98 Å². The molecule has 0 amide bonds. The number of rotatable bonds is 3. The molecular formula is C23H26N6. The SMILES string of the molecule is Cc1nn(C)cc1-c1[nH]c2cc(-c3ccc(N4CCNCC4)nc3)ccc2c1C. The summed E-state index contributed by atoms with van der Waals surface area (Å²) in [4.78, 5) is 10.7. The quantitative estimate of drug-likeness (QED) is 0.564. The summed E-state index contributed by atoms with van der Waals surface area (Å²) in [5, 5.41) is 9.12. The molecule has 0 aliphatic carbocycles. The minimum absolute atomic E-state index is 1.01. The van der Waals surface area contributed by atoms with Crippen molar-refractivity contribution in [2.24, 2.45) is 7.05 Å². The number of hydrogen-bond donors (Lipinski definition) is 2. The molecule has 1 aliphatic rings. The van der Waals surface area contributed by atoms with Crippen molar-refractivity contribution < 1.29 is 0 Å². The summed E-state index contributed by atoms with van der Waals surface area (Å²) in [7, 11) is 1.96. The average Bonchev–Trinajstić information content (AvgIpc) is 3.26. The van der Waals surface area contributed by atoms with Crippen molar-refractivity contribution in [2.75, 3.05) is 31.1 Å². The minimum Gasteiger partial charge on any atom is -0.354 e. The fraction of sp³-hybridized carbons (Fsp3) is 0.304. The predicted octanol–water partition coefficient (Wildman–Crippen LogP) is 3.66. The highest BCUT2D eigenvalue weighted by atomic mass is 15.3. The van der Waals surface area contributed by atoms with Gasteiger partial charge in [0, 0.05) is 67.7 Å². The lowest BCUT2D eigenvalue weighted by atomic mass is 10.0. The number of nitrogens with zero attached hydrogens (tertiary/aromatic N) is 4. The third-order valence-electron chi connectivity index (χ3n) is 5.86. The highest BCUT2D eigenvalue weighted by Gasteiger charge is 2.15. The maximum absolute atomic E-state index is 4.72. The first-order chi connectivity index (χ1) is 14.1. The zero-order valence-corrected chi connectivity index (χ0v) is 17.2. The predicted molar refractivity (Wildman–Crippen MR) is 118 cm³/mol. The van der Waals surface area contributed by atoms with Crippen LogP contribution in [0.5, 0.6) is 0 Å². The second-order valence-electron chi connectivity index (χ2n) is 7.83. The third kappa shape index (κ3) is 3.19. The van der Waals surface area contributed by atoms with Gasteiger partial charge in [0.05, 0.1) is 11.4 Å². The van der Waals surface area contributed by atoms with Crippen LogP contribution in [0.15, 0.2) is 42.7 Å². The number of anilines is 1. The van der Waals surface area contributed by atoms with Crippen molar-refractivity contribution in [1.29, 1.82) is 0 Å². The Kier molecular flexibility index (Phi) is 4.36. The molecule has 0 bridgehead atoms.